The molecule has 1 aromatic carbocycles. The molecule has 0 heterocycles. The summed E-state index contributed by atoms with van der Waals surface area (Å²) in [5, 5.41) is 8.36. The molecule has 0 radical (unpaired) electrons. The van der Waals surface area contributed by atoms with Crippen molar-refractivity contribution in [1.82, 2.24) is 0 Å². The van der Waals surface area contributed by atoms with E-state index in [4.69, 9.17) is 9.84 Å². The Morgan fingerprint density at radius 2 is 1.76 bits per heavy atom. The minimum Gasteiger partial charge on any atom is -0.480 e. The molecule has 0 aliphatic carbocycles. The lowest BCUT2D eigenvalue weighted by Crippen LogP contribution is -2.16. The Morgan fingerprint density at radius 3 is 2.24 bits per heavy atom. The van der Waals surface area contributed by atoms with Gasteiger partial charge in [0.25, 0.3) is 0 Å². The van der Waals surface area contributed by atoms with Gasteiger partial charge in [0.2, 0.25) is 0 Å². The van der Waals surface area contributed by atoms with Gasteiger partial charge < -0.3 is 9.84 Å². The van der Waals surface area contributed by atoms with Crippen LogP contribution >= 0.6 is 0 Å². The van der Waals surface area contributed by atoms with Crippen molar-refractivity contribution in [2.75, 3.05) is 13.2 Å². The fourth-order valence-corrected chi connectivity index (χ4v) is 1.65. The zero-order valence-corrected chi connectivity index (χ0v) is 9.62. The summed E-state index contributed by atoms with van der Waals surface area (Å²) in [5.41, 5.74) is 1.43. The van der Waals surface area contributed by atoms with E-state index in [1.807, 2.05) is 0 Å². The smallest absolute Gasteiger partial charge is 0.329 e. The standard InChI is InChI=1S/C12H13FO4/c1-7-3-9(13)4-8(2)12(7)10(14)5-17-6-11(15)16/h3-4H,5-6H2,1-2H3,(H,15,16). The van der Waals surface area contributed by atoms with Gasteiger partial charge in [0.05, 0.1) is 0 Å². The monoisotopic (exact) mass is 240 g/mol. The lowest BCUT2D eigenvalue weighted by atomic mass is 9.99. The average molecular weight is 240 g/mol. The number of ketones is 1. The molecule has 0 bridgehead atoms. The third-order valence-corrected chi connectivity index (χ3v) is 2.23. The highest BCUT2D eigenvalue weighted by Crippen LogP contribution is 2.16. The van der Waals surface area contributed by atoms with Crippen LogP contribution in [0, 0.1) is 19.7 Å². The summed E-state index contributed by atoms with van der Waals surface area (Å²) in [7, 11) is 0. The summed E-state index contributed by atoms with van der Waals surface area (Å²) >= 11 is 0. The summed E-state index contributed by atoms with van der Waals surface area (Å²) in [6, 6.07) is 2.52. The van der Waals surface area contributed by atoms with Gasteiger partial charge in [0.1, 0.15) is 19.0 Å². The molecule has 0 saturated heterocycles. The first-order valence-corrected chi connectivity index (χ1v) is 5.01. The van der Waals surface area contributed by atoms with Crippen molar-refractivity contribution in [2.24, 2.45) is 0 Å². The van der Waals surface area contributed by atoms with Gasteiger partial charge in [-0.25, -0.2) is 9.18 Å². The Morgan fingerprint density at radius 1 is 1.24 bits per heavy atom. The molecule has 17 heavy (non-hydrogen) atoms. The molecular formula is C12H13FO4. The van der Waals surface area contributed by atoms with Crippen LogP contribution < -0.4 is 0 Å². The number of hydrogen-bond acceptors (Lipinski definition) is 3. The fourth-order valence-electron chi connectivity index (χ4n) is 1.65. The first kappa shape index (κ1) is 13.3. The van der Waals surface area contributed by atoms with Crippen molar-refractivity contribution in [2.45, 2.75) is 13.8 Å². The van der Waals surface area contributed by atoms with Crippen LogP contribution in [0.25, 0.3) is 0 Å². The number of hydrogen-bond donors (Lipinski definition) is 1. The van der Waals surface area contributed by atoms with E-state index in [-0.39, 0.29) is 12.4 Å². The first-order valence-electron chi connectivity index (χ1n) is 5.01. The van der Waals surface area contributed by atoms with E-state index >= 15 is 0 Å². The van der Waals surface area contributed by atoms with Crippen LogP contribution in [-0.2, 0) is 9.53 Å². The third-order valence-electron chi connectivity index (χ3n) is 2.23. The zero-order valence-electron chi connectivity index (χ0n) is 9.62. The predicted molar refractivity (Wildman–Crippen MR) is 58.7 cm³/mol. The van der Waals surface area contributed by atoms with Gasteiger partial charge in [-0.15, -0.1) is 0 Å². The van der Waals surface area contributed by atoms with Gasteiger partial charge in [-0.05, 0) is 37.1 Å². The van der Waals surface area contributed by atoms with Crippen molar-refractivity contribution in [3.63, 3.8) is 0 Å². The summed E-state index contributed by atoms with van der Waals surface area (Å²) in [5.74, 6) is -1.88. The molecule has 0 fully saturated rings. The number of aliphatic carboxylic acids is 1. The normalized spacial score (nSPS) is 10.3. The molecular weight excluding hydrogens is 227 g/mol. The summed E-state index contributed by atoms with van der Waals surface area (Å²) in [4.78, 5) is 21.9. The minimum atomic E-state index is -1.13. The van der Waals surface area contributed by atoms with E-state index < -0.39 is 18.4 Å². The van der Waals surface area contributed by atoms with Crippen LogP contribution in [0.4, 0.5) is 4.39 Å². The minimum absolute atomic E-state index is 0.320. The maximum Gasteiger partial charge on any atom is 0.329 e. The lowest BCUT2D eigenvalue weighted by molar-refractivity contribution is -0.141. The van der Waals surface area contributed by atoms with E-state index in [1.165, 1.54) is 12.1 Å². The van der Waals surface area contributed by atoms with Crippen LogP contribution in [0.15, 0.2) is 12.1 Å². The number of carbonyl (C=O) groups excluding carboxylic acids is 1. The Labute approximate surface area is 98.0 Å². The molecule has 0 aromatic heterocycles. The fraction of sp³-hybridized carbons (Fsp3) is 0.333. The van der Waals surface area contributed by atoms with Crippen LogP contribution in [0.3, 0.4) is 0 Å². The van der Waals surface area contributed by atoms with Gasteiger partial charge in [-0.1, -0.05) is 0 Å². The number of aryl methyl sites for hydroxylation is 2. The van der Waals surface area contributed by atoms with Gasteiger partial charge >= 0.3 is 5.97 Å². The number of benzene rings is 1. The van der Waals surface area contributed by atoms with E-state index in [0.29, 0.717) is 16.7 Å². The van der Waals surface area contributed by atoms with Crippen LogP contribution in [0.2, 0.25) is 0 Å². The largest absolute Gasteiger partial charge is 0.480 e. The number of carboxylic acid groups (broad SMARTS) is 1. The lowest BCUT2D eigenvalue weighted by Gasteiger charge is -2.08. The number of rotatable bonds is 5. The molecule has 4 nitrogen and oxygen atoms in total. The van der Waals surface area contributed by atoms with E-state index in [9.17, 15) is 14.0 Å². The third kappa shape index (κ3) is 3.64. The molecule has 0 atom stereocenters. The topological polar surface area (TPSA) is 63.6 Å². The summed E-state index contributed by atoms with van der Waals surface area (Å²) in [6.45, 7) is 2.41. The molecule has 0 spiro atoms. The van der Waals surface area contributed by atoms with E-state index in [2.05, 4.69) is 0 Å². The number of carboxylic acids is 1. The molecule has 92 valence electrons. The molecule has 5 heteroatoms. The quantitative estimate of drug-likeness (QED) is 0.796. The second kappa shape index (κ2) is 5.54. The van der Waals surface area contributed by atoms with Gasteiger partial charge in [0, 0.05) is 5.56 Å². The first-order chi connectivity index (χ1) is 7.91. The van der Waals surface area contributed by atoms with Gasteiger partial charge in [0.15, 0.2) is 5.78 Å². The molecule has 0 amide bonds. The number of carbonyl (C=O) groups is 2. The number of halogens is 1. The maximum absolute atomic E-state index is 13.0. The van der Waals surface area contributed by atoms with Gasteiger partial charge in [-0.2, -0.15) is 0 Å². The Balaban J connectivity index is 2.79. The van der Waals surface area contributed by atoms with Crippen molar-refractivity contribution < 1.29 is 23.8 Å². The Kier molecular flexibility index (Phi) is 4.34. The van der Waals surface area contributed by atoms with Crippen LogP contribution in [-0.4, -0.2) is 30.1 Å². The zero-order chi connectivity index (χ0) is 13.0. The van der Waals surface area contributed by atoms with Crippen molar-refractivity contribution in [3.8, 4) is 0 Å². The Bertz CT molecular complexity index is 431. The summed E-state index contributed by atoms with van der Waals surface area (Å²) in [6.07, 6.45) is 0. The summed E-state index contributed by atoms with van der Waals surface area (Å²) < 4.78 is 17.7. The second-order valence-corrected chi connectivity index (χ2v) is 3.72. The Hall–Kier alpha value is -1.75. The van der Waals surface area contributed by atoms with Crippen molar-refractivity contribution >= 4 is 11.8 Å². The van der Waals surface area contributed by atoms with Crippen molar-refractivity contribution in [3.05, 3.63) is 34.6 Å². The molecule has 1 N–H and O–H groups in total. The molecule has 0 aliphatic rings. The highest BCUT2D eigenvalue weighted by molar-refractivity contribution is 5.99. The molecule has 1 aromatic rings. The van der Waals surface area contributed by atoms with Gasteiger partial charge in [-0.3, -0.25) is 4.79 Å². The molecule has 0 aliphatic heterocycles. The second-order valence-electron chi connectivity index (χ2n) is 3.72. The molecule has 0 unspecified atom stereocenters. The van der Waals surface area contributed by atoms with Crippen LogP contribution in [0.5, 0.6) is 0 Å². The number of Topliss-reactive ketones (excluding diaryl/α,β-unsaturated/α-hetero) is 1. The highest BCUT2D eigenvalue weighted by atomic mass is 19.1. The van der Waals surface area contributed by atoms with Crippen molar-refractivity contribution in [1.29, 1.82) is 0 Å². The molecule has 1 rings (SSSR count). The molecule has 0 saturated carbocycles. The van der Waals surface area contributed by atoms with E-state index in [1.54, 1.807) is 13.8 Å². The predicted octanol–water partition coefficient (Wildman–Crippen LogP) is 1.73. The highest BCUT2D eigenvalue weighted by Gasteiger charge is 2.14. The average Bonchev–Trinajstić information content (AvgIpc) is 2.14. The van der Waals surface area contributed by atoms with Crippen LogP contribution in [0.1, 0.15) is 21.5 Å². The SMILES string of the molecule is Cc1cc(F)cc(C)c1C(=O)COCC(=O)O. The maximum atomic E-state index is 13.0. The van der Waals surface area contributed by atoms with E-state index in [0.717, 1.165) is 0 Å². The number of ether oxygens (including phenoxy) is 1.